The van der Waals surface area contributed by atoms with Crippen molar-refractivity contribution in [1.82, 2.24) is 9.97 Å². The first-order chi connectivity index (χ1) is 11.5. The molecule has 2 aromatic heterocycles. The van der Waals surface area contributed by atoms with Gasteiger partial charge >= 0.3 is 5.97 Å². The smallest absolute Gasteiger partial charge is 0.350 e. The minimum Gasteiger partial charge on any atom is -0.462 e. The second kappa shape index (κ2) is 6.64. The molecule has 0 aliphatic heterocycles. The Kier molecular flexibility index (Phi) is 4.57. The highest BCUT2D eigenvalue weighted by atomic mass is 32.1. The molecule has 126 valence electrons. The third-order valence-corrected chi connectivity index (χ3v) is 4.69. The van der Waals surface area contributed by atoms with Gasteiger partial charge in [-0.05, 0) is 32.8 Å². The summed E-state index contributed by atoms with van der Waals surface area (Å²) in [6.45, 7) is 3.70. The summed E-state index contributed by atoms with van der Waals surface area (Å²) in [6.07, 6.45) is 2.96. The molecule has 6 nitrogen and oxygen atoms in total. The molecular weight excluding hydrogens is 333 g/mol. The van der Waals surface area contributed by atoms with E-state index in [-0.39, 0.29) is 24.1 Å². The number of hydrogen-bond acceptors (Lipinski definition) is 6. The van der Waals surface area contributed by atoms with Crippen LogP contribution in [0.2, 0.25) is 0 Å². The largest absolute Gasteiger partial charge is 0.462 e. The average Bonchev–Trinajstić information content (AvgIpc) is 3.30. The Morgan fingerprint density at radius 3 is 2.83 bits per heavy atom. The molecule has 0 radical (unpaired) electrons. The highest BCUT2D eigenvalue weighted by Crippen LogP contribution is 2.36. The summed E-state index contributed by atoms with van der Waals surface area (Å²) in [7, 11) is 0. The van der Waals surface area contributed by atoms with E-state index in [0.29, 0.717) is 15.7 Å². The van der Waals surface area contributed by atoms with Gasteiger partial charge in [0.15, 0.2) is 5.13 Å². The zero-order chi connectivity index (χ0) is 17.3. The Labute approximate surface area is 142 Å². The number of carbonyl (C=O) groups excluding carboxylic acids is 2. The second-order valence-electron chi connectivity index (χ2n) is 5.41. The van der Waals surface area contributed by atoms with Crippen molar-refractivity contribution >= 4 is 28.3 Å². The van der Waals surface area contributed by atoms with Gasteiger partial charge in [0, 0.05) is 23.9 Å². The first-order valence-corrected chi connectivity index (χ1v) is 8.42. The second-order valence-corrected chi connectivity index (χ2v) is 6.38. The maximum Gasteiger partial charge on any atom is 0.350 e. The molecule has 0 spiro atoms. The third kappa shape index (κ3) is 3.28. The van der Waals surface area contributed by atoms with E-state index in [4.69, 9.17) is 4.74 Å². The minimum atomic E-state index is -0.709. The number of thiazole rings is 1. The van der Waals surface area contributed by atoms with Crippen molar-refractivity contribution in [2.75, 3.05) is 11.5 Å². The fourth-order valence-corrected chi connectivity index (χ4v) is 3.32. The predicted molar refractivity (Wildman–Crippen MR) is 86.8 cm³/mol. The van der Waals surface area contributed by atoms with Crippen LogP contribution in [0, 0.1) is 12.9 Å². The minimum absolute atomic E-state index is 0.0225. The molecule has 0 N–H and O–H groups in total. The topological polar surface area (TPSA) is 72.4 Å². The van der Waals surface area contributed by atoms with Gasteiger partial charge in [-0.15, -0.1) is 0 Å². The number of carbonyl (C=O) groups is 2. The lowest BCUT2D eigenvalue weighted by Gasteiger charge is -2.19. The molecule has 2 aromatic rings. The van der Waals surface area contributed by atoms with Crippen molar-refractivity contribution < 1.29 is 18.7 Å². The number of anilines is 1. The van der Waals surface area contributed by atoms with Gasteiger partial charge in [-0.25, -0.2) is 14.8 Å². The summed E-state index contributed by atoms with van der Waals surface area (Å²) in [5.74, 6) is -1.50. The summed E-state index contributed by atoms with van der Waals surface area (Å²) in [5, 5.41) is 0.431. The number of aromatic nitrogens is 2. The number of amides is 1. The number of pyridine rings is 1. The Morgan fingerprint density at radius 1 is 1.46 bits per heavy atom. The molecule has 0 aromatic carbocycles. The van der Waals surface area contributed by atoms with Crippen LogP contribution in [0.1, 0.15) is 45.5 Å². The van der Waals surface area contributed by atoms with E-state index in [2.05, 4.69) is 9.97 Å². The van der Waals surface area contributed by atoms with Gasteiger partial charge in [-0.3, -0.25) is 9.69 Å². The molecule has 2 heterocycles. The first kappa shape index (κ1) is 16.5. The van der Waals surface area contributed by atoms with Crippen LogP contribution in [0.3, 0.4) is 0 Å². The Bertz CT molecular complexity index is 789. The number of nitrogens with zero attached hydrogens (tertiary/aromatic N) is 3. The standard InChI is InChI=1S/C16H16FN3O3S/c1-3-23-15(22)13-9(2)19-16(24-13)20(11-4-5-11)14(21)10-6-7-18-12(17)8-10/h6-8,11H,3-5H2,1-2H3. The Morgan fingerprint density at radius 2 is 2.21 bits per heavy atom. The lowest BCUT2D eigenvalue weighted by Crippen LogP contribution is -2.33. The summed E-state index contributed by atoms with van der Waals surface area (Å²) in [6, 6.07) is 2.59. The van der Waals surface area contributed by atoms with Crippen LogP contribution in [0.15, 0.2) is 18.3 Å². The summed E-state index contributed by atoms with van der Waals surface area (Å²) in [5.41, 5.74) is 0.729. The molecule has 0 saturated heterocycles. The fraction of sp³-hybridized carbons (Fsp3) is 0.375. The highest BCUT2D eigenvalue weighted by Gasteiger charge is 2.37. The van der Waals surface area contributed by atoms with Crippen molar-refractivity contribution in [2.24, 2.45) is 0 Å². The van der Waals surface area contributed by atoms with Crippen molar-refractivity contribution in [3.05, 3.63) is 40.4 Å². The van der Waals surface area contributed by atoms with Crippen LogP contribution in [-0.4, -0.2) is 34.5 Å². The molecule has 0 unspecified atom stereocenters. The maximum absolute atomic E-state index is 13.3. The van der Waals surface area contributed by atoms with Crippen molar-refractivity contribution in [3.63, 3.8) is 0 Å². The fourth-order valence-electron chi connectivity index (χ4n) is 2.29. The predicted octanol–water partition coefficient (Wildman–Crippen LogP) is 2.97. The molecule has 3 rings (SSSR count). The molecule has 1 aliphatic carbocycles. The first-order valence-electron chi connectivity index (χ1n) is 7.61. The Balaban J connectivity index is 1.93. The Hall–Kier alpha value is -2.35. The molecule has 1 amide bonds. The molecule has 1 saturated carbocycles. The molecule has 0 bridgehead atoms. The number of rotatable bonds is 5. The van der Waals surface area contributed by atoms with Gasteiger partial charge in [0.1, 0.15) is 4.88 Å². The lowest BCUT2D eigenvalue weighted by atomic mass is 10.2. The zero-order valence-electron chi connectivity index (χ0n) is 13.3. The van der Waals surface area contributed by atoms with E-state index in [9.17, 15) is 14.0 Å². The average molecular weight is 349 g/mol. The number of hydrogen-bond donors (Lipinski definition) is 0. The van der Waals surface area contributed by atoms with Crippen LogP contribution >= 0.6 is 11.3 Å². The van der Waals surface area contributed by atoms with E-state index in [1.165, 1.54) is 17.2 Å². The van der Waals surface area contributed by atoms with Crippen LogP contribution in [0.25, 0.3) is 0 Å². The molecule has 24 heavy (non-hydrogen) atoms. The normalized spacial score (nSPS) is 13.6. The van der Waals surface area contributed by atoms with E-state index in [1.54, 1.807) is 13.8 Å². The van der Waals surface area contributed by atoms with Crippen molar-refractivity contribution in [1.29, 1.82) is 0 Å². The van der Waals surface area contributed by atoms with Gasteiger partial charge in [0.2, 0.25) is 5.95 Å². The highest BCUT2D eigenvalue weighted by molar-refractivity contribution is 7.17. The van der Waals surface area contributed by atoms with Crippen LogP contribution in [0.5, 0.6) is 0 Å². The molecule has 0 atom stereocenters. The van der Waals surface area contributed by atoms with Crippen molar-refractivity contribution in [3.8, 4) is 0 Å². The third-order valence-electron chi connectivity index (χ3n) is 3.56. The van der Waals surface area contributed by atoms with Gasteiger partial charge in [0.05, 0.1) is 12.3 Å². The number of aryl methyl sites for hydroxylation is 1. The number of halogens is 1. The van der Waals surface area contributed by atoms with E-state index >= 15 is 0 Å². The van der Waals surface area contributed by atoms with E-state index < -0.39 is 11.9 Å². The molecule has 1 aliphatic rings. The SMILES string of the molecule is CCOC(=O)c1sc(N(C(=O)c2ccnc(F)c2)C2CC2)nc1C. The quantitative estimate of drug-likeness (QED) is 0.613. The molecule has 1 fully saturated rings. The number of ether oxygens (including phenoxy) is 1. The van der Waals surface area contributed by atoms with Gasteiger partial charge < -0.3 is 4.74 Å². The zero-order valence-corrected chi connectivity index (χ0v) is 14.1. The summed E-state index contributed by atoms with van der Waals surface area (Å²) >= 11 is 1.12. The monoisotopic (exact) mass is 349 g/mol. The summed E-state index contributed by atoms with van der Waals surface area (Å²) < 4.78 is 18.3. The summed E-state index contributed by atoms with van der Waals surface area (Å²) in [4.78, 5) is 34.5. The van der Waals surface area contributed by atoms with Gasteiger partial charge in [-0.1, -0.05) is 11.3 Å². The van der Waals surface area contributed by atoms with Gasteiger partial charge in [0.25, 0.3) is 5.91 Å². The number of esters is 1. The van der Waals surface area contributed by atoms with Gasteiger partial charge in [-0.2, -0.15) is 4.39 Å². The van der Waals surface area contributed by atoms with Crippen LogP contribution in [0.4, 0.5) is 9.52 Å². The van der Waals surface area contributed by atoms with Crippen LogP contribution in [-0.2, 0) is 4.74 Å². The van der Waals surface area contributed by atoms with E-state index in [0.717, 1.165) is 30.2 Å². The lowest BCUT2D eigenvalue weighted by molar-refractivity contribution is 0.0531. The van der Waals surface area contributed by atoms with E-state index in [1.807, 2.05) is 0 Å². The maximum atomic E-state index is 13.3. The molecule has 8 heteroatoms. The van der Waals surface area contributed by atoms with Crippen molar-refractivity contribution in [2.45, 2.75) is 32.7 Å². The molecular formula is C16H16FN3O3S. The van der Waals surface area contributed by atoms with Crippen LogP contribution < -0.4 is 4.90 Å².